The summed E-state index contributed by atoms with van der Waals surface area (Å²) in [6, 6.07) is 5.97. The van der Waals surface area contributed by atoms with E-state index in [0.717, 1.165) is 47.1 Å². The van der Waals surface area contributed by atoms with Gasteiger partial charge in [0, 0.05) is 18.4 Å². The maximum Gasteiger partial charge on any atom is 0.161 e. The third-order valence-electron chi connectivity index (χ3n) is 4.05. The lowest BCUT2D eigenvalue weighted by Crippen LogP contribution is -2.10. The van der Waals surface area contributed by atoms with Crippen LogP contribution >= 0.6 is 11.8 Å². The molecule has 142 valence electrons. The first-order valence-corrected chi connectivity index (χ1v) is 10.1. The fraction of sp³-hybridized carbons (Fsp3) is 0.286. The van der Waals surface area contributed by atoms with Gasteiger partial charge in [-0.15, -0.1) is 11.8 Å². The highest BCUT2D eigenvalue weighted by Gasteiger charge is 2.12. The van der Waals surface area contributed by atoms with E-state index in [1.165, 1.54) is 0 Å². The molecule has 3 rings (SSSR count). The molecule has 0 saturated carbocycles. The summed E-state index contributed by atoms with van der Waals surface area (Å²) in [5.74, 6) is 2.40. The van der Waals surface area contributed by atoms with Crippen molar-refractivity contribution in [2.45, 2.75) is 12.8 Å². The Kier molecular flexibility index (Phi) is 7.04. The minimum atomic E-state index is 0.668. The largest absolute Gasteiger partial charge is 0.499 e. The molecular weight excluding hydrogens is 360 g/mol. The molecule has 27 heavy (non-hydrogen) atoms. The van der Waals surface area contributed by atoms with Crippen LogP contribution in [-0.2, 0) is 4.74 Å². The molecule has 0 amide bonds. The Bertz CT molecular complexity index is 810. The summed E-state index contributed by atoms with van der Waals surface area (Å²) in [7, 11) is 1.67. The number of nitrogens with zero attached hydrogens (tertiary/aromatic N) is 1. The summed E-state index contributed by atoms with van der Waals surface area (Å²) in [6.45, 7) is 1.35. The fourth-order valence-corrected chi connectivity index (χ4v) is 3.15. The van der Waals surface area contributed by atoms with E-state index in [0.29, 0.717) is 13.2 Å². The second-order valence-electron chi connectivity index (χ2n) is 5.89. The second kappa shape index (κ2) is 9.92. The van der Waals surface area contributed by atoms with Crippen molar-refractivity contribution in [3.8, 4) is 11.5 Å². The number of nitrogens with one attached hydrogen (secondary N) is 1. The van der Waals surface area contributed by atoms with Crippen molar-refractivity contribution in [2.75, 3.05) is 26.6 Å². The zero-order chi connectivity index (χ0) is 18.9. The zero-order valence-corrected chi connectivity index (χ0v) is 16.4. The first kappa shape index (κ1) is 19.2. The molecular formula is C21H24N2O3S. The van der Waals surface area contributed by atoms with Crippen molar-refractivity contribution >= 4 is 23.8 Å². The quantitative estimate of drug-likeness (QED) is 0.578. The molecule has 0 fully saturated rings. The molecule has 0 aromatic heterocycles. The molecule has 0 spiro atoms. The van der Waals surface area contributed by atoms with Gasteiger partial charge in [0.05, 0.1) is 32.4 Å². The molecule has 1 aliphatic carbocycles. The number of thioether (sulfide) groups is 1. The predicted molar refractivity (Wildman–Crippen MR) is 112 cm³/mol. The van der Waals surface area contributed by atoms with Gasteiger partial charge >= 0.3 is 0 Å². The molecule has 0 atom stereocenters. The lowest BCUT2D eigenvalue weighted by Gasteiger charge is -2.12. The Hall–Kier alpha value is -2.60. The highest BCUT2D eigenvalue weighted by atomic mass is 32.2. The predicted octanol–water partition coefficient (Wildman–Crippen LogP) is 4.50. The van der Waals surface area contributed by atoms with Gasteiger partial charge in [-0.05, 0) is 35.9 Å². The van der Waals surface area contributed by atoms with Crippen LogP contribution in [0.25, 0.3) is 5.70 Å². The summed E-state index contributed by atoms with van der Waals surface area (Å²) in [6.07, 6.45) is 13.3. The number of hydrogen-bond donors (Lipinski definition) is 1. The number of fused-ring (bicyclic) bond motifs is 1. The Labute approximate surface area is 164 Å². The zero-order valence-electron chi connectivity index (χ0n) is 15.6. The molecule has 0 unspecified atom stereocenters. The van der Waals surface area contributed by atoms with E-state index in [-0.39, 0.29) is 0 Å². The maximum absolute atomic E-state index is 5.80. The molecule has 0 saturated heterocycles. The van der Waals surface area contributed by atoms with Crippen molar-refractivity contribution in [3.05, 3.63) is 64.9 Å². The second-order valence-corrected chi connectivity index (χ2v) is 6.59. The van der Waals surface area contributed by atoms with Gasteiger partial charge in [-0.25, -0.2) is 4.99 Å². The van der Waals surface area contributed by atoms with Gasteiger partial charge in [-0.2, -0.15) is 0 Å². The molecule has 0 radical (unpaired) electrons. The topological polar surface area (TPSA) is 52.1 Å². The Morgan fingerprint density at radius 2 is 2.07 bits per heavy atom. The van der Waals surface area contributed by atoms with Crippen LogP contribution in [0.2, 0.25) is 0 Å². The van der Waals surface area contributed by atoms with Crippen molar-refractivity contribution in [3.63, 3.8) is 0 Å². The van der Waals surface area contributed by atoms with Gasteiger partial charge in [0.2, 0.25) is 0 Å². The lowest BCUT2D eigenvalue weighted by atomic mass is 10.1. The third-order valence-corrected chi connectivity index (χ3v) is 4.53. The molecule has 6 heteroatoms. The number of ether oxygens (including phenoxy) is 3. The van der Waals surface area contributed by atoms with Gasteiger partial charge < -0.3 is 19.5 Å². The summed E-state index contributed by atoms with van der Waals surface area (Å²) >= 11 is 1.62. The Morgan fingerprint density at radius 1 is 1.22 bits per heavy atom. The van der Waals surface area contributed by atoms with E-state index in [4.69, 9.17) is 14.2 Å². The van der Waals surface area contributed by atoms with E-state index in [1.807, 2.05) is 54.2 Å². The van der Waals surface area contributed by atoms with E-state index >= 15 is 0 Å². The van der Waals surface area contributed by atoms with Crippen LogP contribution in [0.1, 0.15) is 18.4 Å². The molecule has 1 aromatic carbocycles. The van der Waals surface area contributed by atoms with Gasteiger partial charge in [-0.1, -0.05) is 18.2 Å². The highest BCUT2D eigenvalue weighted by Crippen LogP contribution is 2.32. The van der Waals surface area contributed by atoms with Crippen LogP contribution in [0.4, 0.5) is 0 Å². The van der Waals surface area contributed by atoms with Gasteiger partial charge in [-0.3, -0.25) is 0 Å². The number of rotatable bonds is 6. The number of benzene rings is 1. The molecule has 2 aliphatic rings. The van der Waals surface area contributed by atoms with Gasteiger partial charge in [0.25, 0.3) is 0 Å². The Balaban J connectivity index is 1.78. The molecule has 0 bridgehead atoms. The van der Waals surface area contributed by atoms with Crippen molar-refractivity contribution in [1.29, 1.82) is 0 Å². The summed E-state index contributed by atoms with van der Waals surface area (Å²) in [5.41, 5.74) is 2.76. The summed E-state index contributed by atoms with van der Waals surface area (Å²) in [5, 5.41) is 5.32. The summed E-state index contributed by atoms with van der Waals surface area (Å²) in [4.78, 5) is 4.53. The Morgan fingerprint density at radius 3 is 2.89 bits per heavy atom. The monoisotopic (exact) mass is 384 g/mol. The van der Waals surface area contributed by atoms with Crippen molar-refractivity contribution in [2.24, 2.45) is 4.99 Å². The number of aliphatic imine (C=N–C) groups is 1. The number of methoxy groups -OCH3 is 1. The fourth-order valence-electron chi connectivity index (χ4n) is 2.71. The van der Waals surface area contributed by atoms with E-state index in [2.05, 4.69) is 10.3 Å². The minimum Gasteiger partial charge on any atom is -0.499 e. The van der Waals surface area contributed by atoms with E-state index in [9.17, 15) is 0 Å². The normalized spacial score (nSPS) is 17.0. The maximum atomic E-state index is 5.80. The minimum absolute atomic E-state index is 0.668. The SMILES string of the molecule is COC1=C(N=CN/C(=C\SC)c2ccc3c(c2)OCCCO3)C=CC=CC1. The molecule has 5 nitrogen and oxygen atoms in total. The van der Waals surface area contributed by atoms with Crippen LogP contribution in [-0.4, -0.2) is 32.9 Å². The van der Waals surface area contributed by atoms with Crippen molar-refractivity contribution in [1.82, 2.24) is 5.32 Å². The third kappa shape index (κ3) is 5.20. The average Bonchev–Trinajstić information content (AvgIpc) is 3.06. The van der Waals surface area contributed by atoms with Crippen LogP contribution in [0, 0.1) is 0 Å². The molecule has 1 heterocycles. The highest BCUT2D eigenvalue weighted by molar-refractivity contribution is 8.01. The molecule has 1 N–H and O–H groups in total. The summed E-state index contributed by atoms with van der Waals surface area (Å²) < 4.78 is 16.9. The smallest absolute Gasteiger partial charge is 0.161 e. The van der Waals surface area contributed by atoms with E-state index < -0.39 is 0 Å². The van der Waals surface area contributed by atoms with Crippen LogP contribution in [0.15, 0.2) is 64.4 Å². The van der Waals surface area contributed by atoms with Crippen LogP contribution < -0.4 is 14.8 Å². The van der Waals surface area contributed by atoms with Crippen LogP contribution in [0.3, 0.4) is 0 Å². The first-order chi connectivity index (χ1) is 13.3. The number of allylic oxidation sites excluding steroid dienone is 4. The average molecular weight is 385 g/mol. The van der Waals surface area contributed by atoms with Crippen LogP contribution in [0.5, 0.6) is 11.5 Å². The number of hydrogen-bond acceptors (Lipinski definition) is 5. The molecule has 1 aromatic rings. The van der Waals surface area contributed by atoms with Crippen molar-refractivity contribution < 1.29 is 14.2 Å². The lowest BCUT2D eigenvalue weighted by molar-refractivity contribution is 0.281. The van der Waals surface area contributed by atoms with Gasteiger partial charge in [0.1, 0.15) is 11.5 Å². The van der Waals surface area contributed by atoms with E-state index in [1.54, 1.807) is 25.2 Å². The first-order valence-electron chi connectivity index (χ1n) is 8.84. The standard InChI is InChI=1S/C21H24N2O3S/c1-24-19-8-5-3-4-7-17(19)22-15-23-18(14-27-2)16-9-10-20-21(13-16)26-12-6-11-25-20/h3-5,7,9-10,13-15H,6,8,11-12H2,1-2H3,(H,22,23)/b18-14-. The molecule has 1 aliphatic heterocycles. The van der Waals surface area contributed by atoms with Gasteiger partial charge in [0.15, 0.2) is 11.5 Å².